The summed E-state index contributed by atoms with van der Waals surface area (Å²) in [6, 6.07) is 7.16. The van der Waals surface area contributed by atoms with Gasteiger partial charge in [-0.1, -0.05) is 29.3 Å². The summed E-state index contributed by atoms with van der Waals surface area (Å²) in [7, 11) is 0. The number of hydrogen-bond acceptors (Lipinski definition) is 3. The van der Waals surface area contributed by atoms with E-state index < -0.39 is 0 Å². The van der Waals surface area contributed by atoms with Crippen molar-refractivity contribution in [3.05, 3.63) is 46.1 Å². The van der Waals surface area contributed by atoms with E-state index >= 15 is 0 Å². The molecule has 1 aromatic carbocycles. The van der Waals surface area contributed by atoms with Gasteiger partial charge in [0.15, 0.2) is 0 Å². The van der Waals surface area contributed by atoms with Gasteiger partial charge in [-0.15, -0.1) is 0 Å². The molecule has 4 nitrogen and oxygen atoms in total. The molecule has 0 spiro atoms. The lowest BCUT2D eigenvalue weighted by atomic mass is 10.0. The van der Waals surface area contributed by atoms with Crippen LogP contribution in [0, 0.1) is 10.1 Å². The zero-order chi connectivity index (χ0) is 13.8. The maximum atomic E-state index is 11.3. The summed E-state index contributed by atoms with van der Waals surface area (Å²) in [4.78, 5) is 15.5. The molecule has 1 atom stereocenters. The van der Waals surface area contributed by atoms with Crippen molar-refractivity contribution in [2.45, 2.75) is 31.0 Å². The van der Waals surface area contributed by atoms with Crippen LogP contribution in [-0.4, -0.2) is 14.7 Å². The monoisotopic (exact) mass is 322 g/mol. The molecule has 1 heterocycles. The number of aromatic nitrogens is 1. The predicted molar refractivity (Wildman–Crippen MR) is 79.7 cm³/mol. The lowest BCUT2D eigenvalue weighted by Crippen LogP contribution is -2.05. The molecule has 5 heteroatoms. The van der Waals surface area contributed by atoms with Gasteiger partial charge >= 0.3 is 0 Å². The van der Waals surface area contributed by atoms with E-state index in [0.29, 0.717) is 17.3 Å². The van der Waals surface area contributed by atoms with Crippen molar-refractivity contribution < 1.29 is 4.92 Å². The third-order valence-corrected chi connectivity index (χ3v) is 3.85. The van der Waals surface area contributed by atoms with Crippen LogP contribution >= 0.6 is 15.9 Å². The Bertz CT molecular complexity index is 601. The fourth-order valence-electron chi connectivity index (χ4n) is 2.22. The highest BCUT2D eigenvalue weighted by Crippen LogP contribution is 2.30. The van der Waals surface area contributed by atoms with E-state index in [0.717, 1.165) is 18.4 Å². The Labute approximate surface area is 120 Å². The molecule has 0 fully saturated rings. The highest BCUT2D eigenvalue weighted by atomic mass is 79.9. The van der Waals surface area contributed by atoms with Crippen LogP contribution in [0.25, 0.3) is 10.9 Å². The van der Waals surface area contributed by atoms with E-state index in [2.05, 4.69) is 27.8 Å². The minimum absolute atomic E-state index is 0.186. The molecule has 0 N–H and O–H groups in total. The predicted octanol–water partition coefficient (Wildman–Crippen LogP) is 4.25. The van der Waals surface area contributed by atoms with Crippen LogP contribution in [0.3, 0.4) is 0 Å². The summed E-state index contributed by atoms with van der Waals surface area (Å²) in [5, 5.41) is 11.9. The molecule has 0 amide bonds. The van der Waals surface area contributed by atoms with E-state index in [1.54, 1.807) is 18.3 Å². The molecule has 100 valence electrons. The first-order valence-electron chi connectivity index (χ1n) is 6.28. The number of nitro benzene ring substituents is 1. The largest absolute Gasteiger partial charge is 0.281 e. The SMILES string of the molecule is CCCC(Br)Cc1ccc2ncccc2c1[N+](=O)[O-]. The van der Waals surface area contributed by atoms with Crippen LogP contribution in [0.2, 0.25) is 0 Å². The number of nitro groups is 1. The molecule has 2 rings (SSSR count). The lowest BCUT2D eigenvalue weighted by Gasteiger charge is -2.10. The molecule has 19 heavy (non-hydrogen) atoms. The summed E-state index contributed by atoms with van der Waals surface area (Å²) in [5.74, 6) is 0. The molecule has 0 bridgehead atoms. The van der Waals surface area contributed by atoms with Gasteiger partial charge in [0.05, 0.1) is 15.8 Å². The summed E-state index contributed by atoms with van der Waals surface area (Å²) < 4.78 is 0. The van der Waals surface area contributed by atoms with Gasteiger partial charge in [-0.2, -0.15) is 0 Å². The summed E-state index contributed by atoms with van der Waals surface area (Å²) in [5.41, 5.74) is 1.62. The Morgan fingerprint density at radius 2 is 2.21 bits per heavy atom. The average Bonchev–Trinajstić information content (AvgIpc) is 2.38. The van der Waals surface area contributed by atoms with Crippen LogP contribution in [0.1, 0.15) is 25.3 Å². The van der Waals surface area contributed by atoms with Crippen molar-refractivity contribution in [2.75, 3.05) is 0 Å². The smallest absolute Gasteiger partial charge is 0.258 e. The molecule has 2 aromatic rings. The van der Waals surface area contributed by atoms with Crippen LogP contribution in [0.15, 0.2) is 30.5 Å². The molecule has 0 radical (unpaired) electrons. The number of alkyl halides is 1. The third-order valence-electron chi connectivity index (χ3n) is 3.07. The standard InChI is InChI=1S/C14H15BrN2O2/c1-2-4-11(15)9-10-6-7-13-12(5-3-8-16-13)14(10)17(18)19/h3,5-8,11H,2,4,9H2,1H3. The van der Waals surface area contributed by atoms with E-state index in [1.165, 1.54) is 0 Å². The highest BCUT2D eigenvalue weighted by molar-refractivity contribution is 9.09. The highest BCUT2D eigenvalue weighted by Gasteiger charge is 2.20. The Balaban J connectivity index is 2.49. The van der Waals surface area contributed by atoms with Crippen LogP contribution < -0.4 is 0 Å². The second-order valence-corrected chi connectivity index (χ2v) is 5.79. The third kappa shape index (κ3) is 3.10. The Morgan fingerprint density at radius 1 is 1.42 bits per heavy atom. The van der Waals surface area contributed by atoms with Gasteiger partial charge in [-0.3, -0.25) is 15.1 Å². The number of fused-ring (bicyclic) bond motifs is 1. The quantitative estimate of drug-likeness (QED) is 0.469. The fraction of sp³-hybridized carbons (Fsp3) is 0.357. The second-order valence-electron chi connectivity index (χ2n) is 4.49. The molecule has 0 aliphatic carbocycles. The van der Waals surface area contributed by atoms with Crippen LogP contribution in [-0.2, 0) is 6.42 Å². The lowest BCUT2D eigenvalue weighted by molar-refractivity contribution is -0.383. The fourth-order valence-corrected chi connectivity index (χ4v) is 3.02. The van der Waals surface area contributed by atoms with Gasteiger partial charge in [0, 0.05) is 16.6 Å². The Morgan fingerprint density at radius 3 is 2.89 bits per heavy atom. The maximum absolute atomic E-state index is 11.3. The number of hydrogen-bond donors (Lipinski definition) is 0. The Hall–Kier alpha value is -1.49. The van der Waals surface area contributed by atoms with Crippen molar-refractivity contribution in [3.63, 3.8) is 0 Å². The van der Waals surface area contributed by atoms with E-state index in [1.807, 2.05) is 12.1 Å². The zero-order valence-electron chi connectivity index (χ0n) is 10.7. The van der Waals surface area contributed by atoms with Crippen molar-refractivity contribution in [1.82, 2.24) is 4.98 Å². The van der Waals surface area contributed by atoms with E-state index in [4.69, 9.17) is 0 Å². The van der Waals surface area contributed by atoms with Crippen molar-refractivity contribution >= 4 is 32.5 Å². The molecule has 0 saturated carbocycles. The van der Waals surface area contributed by atoms with Gasteiger partial charge < -0.3 is 0 Å². The first kappa shape index (κ1) is 13.9. The van der Waals surface area contributed by atoms with E-state index in [9.17, 15) is 10.1 Å². The van der Waals surface area contributed by atoms with Gasteiger partial charge in [0.2, 0.25) is 0 Å². The minimum atomic E-state index is -0.301. The molecular formula is C14H15BrN2O2. The average molecular weight is 323 g/mol. The molecular weight excluding hydrogens is 308 g/mol. The van der Waals surface area contributed by atoms with Gasteiger partial charge in [-0.25, -0.2) is 0 Å². The van der Waals surface area contributed by atoms with Crippen LogP contribution in [0.4, 0.5) is 5.69 Å². The van der Waals surface area contributed by atoms with E-state index in [-0.39, 0.29) is 15.4 Å². The summed E-state index contributed by atoms with van der Waals surface area (Å²) in [6.45, 7) is 2.10. The van der Waals surface area contributed by atoms with Crippen molar-refractivity contribution in [1.29, 1.82) is 0 Å². The Kier molecular flexibility index (Phi) is 4.47. The number of halogens is 1. The van der Waals surface area contributed by atoms with Gasteiger partial charge in [0.25, 0.3) is 5.69 Å². The first-order valence-corrected chi connectivity index (χ1v) is 7.20. The van der Waals surface area contributed by atoms with Gasteiger partial charge in [0.1, 0.15) is 0 Å². The first-order chi connectivity index (χ1) is 9.13. The molecule has 0 aliphatic heterocycles. The number of benzene rings is 1. The molecule has 1 unspecified atom stereocenters. The number of pyridine rings is 1. The summed E-state index contributed by atoms with van der Waals surface area (Å²) >= 11 is 3.58. The van der Waals surface area contributed by atoms with Crippen molar-refractivity contribution in [2.24, 2.45) is 0 Å². The maximum Gasteiger partial charge on any atom is 0.281 e. The van der Waals surface area contributed by atoms with Crippen LogP contribution in [0.5, 0.6) is 0 Å². The normalized spacial score (nSPS) is 12.5. The molecule has 0 saturated heterocycles. The number of nitrogens with zero attached hydrogens (tertiary/aromatic N) is 2. The second kappa shape index (κ2) is 6.10. The summed E-state index contributed by atoms with van der Waals surface area (Å²) in [6.07, 6.45) is 4.37. The topological polar surface area (TPSA) is 56.0 Å². The zero-order valence-corrected chi connectivity index (χ0v) is 12.3. The van der Waals surface area contributed by atoms with Crippen molar-refractivity contribution in [3.8, 4) is 0 Å². The molecule has 1 aromatic heterocycles. The minimum Gasteiger partial charge on any atom is -0.258 e. The number of rotatable bonds is 5. The molecule has 0 aliphatic rings. The van der Waals surface area contributed by atoms with Gasteiger partial charge in [-0.05, 0) is 37.1 Å².